The Bertz CT molecular complexity index is 710. The van der Waals surface area contributed by atoms with E-state index in [1.807, 2.05) is 30.3 Å². The summed E-state index contributed by atoms with van der Waals surface area (Å²) in [4.78, 5) is 16.3. The number of ether oxygens (including phenoxy) is 1. The highest BCUT2D eigenvalue weighted by Gasteiger charge is 2.22. The third-order valence-electron chi connectivity index (χ3n) is 4.52. The maximum atomic E-state index is 12.2. The molecule has 0 bridgehead atoms. The maximum Gasteiger partial charge on any atom is 0.409 e. The van der Waals surface area contributed by atoms with Crippen LogP contribution in [0.5, 0.6) is 0 Å². The number of para-hydroxylation sites is 1. The summed E-state index contributed by atoms with van der Waals surface area (Å²) in [5.41, 5.74) is 3.63. The van der Waals surface area contributed by atoms with Gasteiger partial charge in [0.2, 0.25) is 0 Å². The molecule has 1 fully saturated rings. The van der Waals surface area contributed by atoms with Gasteiger partial charge in [-0.1, -0.05) is 41.9 Å². The van der Waals surface area contributed by atoms with Crippen molar-refractivity contribution in [2.75, 3.05) is 37.7 Å². The fraction of sp³-hybridized carbons (Fsp3) is 0.350. The molecule has 0 spiro atoms. The van der Waals surface area contributed by atoms with E-state index >= 15 is 0 Å². The van der Waals surface area contributed by atoms with Gasteiger partial charge < -0.3 is 14.5 Å². The Balaban J connectivity index is 1.44. The molecule has 132 valence electrons. The third kappa shape index (κ3) is 4.67. The fourth-order valence-corrected chi connectivity index (χ4v) is 3.17. The van der Waals surface area contributed by atoms with Crippen LogP contribution >= 0.6 is 11.6 Å². The summed E-state index contributed by atoms with van der Waals surface area (Å²) in [6.45, 7) is 5.54. The van der Waals surface area contributed by atoms with Gasteiger partial charge in [0.15, 0.2) is 0 Å². The first-order valence-electron chi connectivity index (χ1n) is 8.60. The van der Waals surface area contributed by atoms with Crippen molar-refractivity contribution in [1.29, 1.82) is 0 Å². The Morgan fingerprint density at radius 3 is 2.40 bits per heavy atom. The molecule has 0 unspecified atom stereocenters. The summed E-state index contributed by atoms with van der Waals surface area (Å²) in [6, 6.07) is 16.0. The quantitative estimate of drug-likeness (QED) is 0.823. The van der Waals surface area contributed by atoms with Gasteiger partial charge in [-0.25, -0.2) is 4.79 Å². The molecule has 0 aliphatic carbocycles. The molecular formula is C20H23ClN2O2. The number of carbonyl (C=O) groups excluding carboxylic acids is 1. The fourth-order valence-electron chi connectivity index (χ4n) is 3.05. The standard InChI is InChI=1S/C20H23ClN2O2/c1-16-4-2-3-5-19(16)22-11-13-23(14-12-22)20(24)25-15-10-17-6-8-18(21)9-7-17/h2-9H,10-15H2,1H3. The van der Waals surface area contributed by atoms with Crippen molar-refractivity contribution in [2.45, 2.75) is 13.3 Å². The minimum absolute atomic E-state index is 0.224. The molecule has 0 radical (unpaired) electrons. The van der Waals surface area contributed by atoms with Crippen LogP contribution in [0.2, 0.25) is 5.02 Å². The molecule has 1 amide bonds. The van der Waals surface area contributed by atoms with Gasteiger partial charge in [-0.2, -0.15) is 0 Å². The Hall–Kier alpha value is -2.20. The largest absolute Gasteiger partial charge is 0.449 e. The number of hydrogen-bond donors (Lipinski definition) is 0. The van der Waals surface area contributed by atoms with Crippen molar-refractivity contribution < 1.29 is 9.53 Å². The van der Waals surface area contributed by atoms with Gasteiger partial charge in [-0.15, -0.1) is 0 Å². The van der Waals surface area contributed by atoms with Crippen LogP contribution in [0, 0.1) is 6.92 Å². The number of benzene rings is 2. The molecule has 0 N–H and O–H groups in total. The van der Waals surface area contributed by atoms with Crippen LogP contribution in [-0.4, -0.2) is 43.8 Å². The van der Waals surface area contributed by atoms with Crippen molar-refractivity contribution >= 4 is 23.4 Å². The van der Waals surface area contributed by atoms with Gasteiger partial charge in [0, 0.05) is 43.3 Å². The number of halogens is 1. The molecule has 2 aromatic carbocycles. The molecule has 3 rings (SSSR count). The molecule has 0 saturated carbocycles. The van der Waals surface area contributed by atoms with Crippen molar-refractivity contribution in [2.24, 2.45) is 0 Å². The van der Waals surface area contributed by atoms with E-state index < -0.39 is 0 Å². The predicted octanol–water partition coefficient (Wildman–Crippen LogP) is 4.15. The molecule has 1 aliphatic heterocycles. The van der Waals surface area contributed by atoms with E-state index in [9.17, 15) is 4.79 Å². The summed E-state index contributed by atoms with van der Waals surface area (Å²) in [7, 11) is 0. The van der Waals surface area contributed by atoms with Crippen LogP contribution in [0.1, 0.15) is 11.1 Å². The van der Waals surface area contributed by atoms with E-state index in [4.69, 9.17) is 16.3 Å². The summed E-state index contributed by atoms with van der Waals surface area (Å²) in [6.07, 6.45) is 0.477. The lowest BCUT2D eigenvalue weighted by atomic mass is 10.1. The summed E-state index contributed by atoms with van der Waals surface area (Å²) in [5, 5.41) is 0.715. The lowest BCUT2D eigenvalue weighted by molar-refractivity contribution is 0.101. The van der Waals surface area contributed by atoms with Crippen molar-refractivity contribution in [3.05, 3.63) is 64.7 Å². The van der Waals surface area contributed by atoms with Crippen LogP contribution < -0.4 is 4.90 Å². The Morgan fingerprint density at radius 2 is 1.72 bits per heavy atom. The first-order chi connectivity index (χ1) is 12.1. The van der Waals surface area contributed by atoms with Gasteiger partial charge in [-0.3, -0.25) is 0 Å². The van der Waals surface area contributed by atoms with Crippen molar-refractivity contribution in [1.82, 2.24) is 4.90 Å². The van der Waals surface area contributed by atoms with Gasteiger partial charge in [-0.05, 0) is 36.2 Å². The summed E-state index contributed by atoms with van der Waals surface area (Å²) in [5.74, 6) is 0. The molecule has 1 aliphatic rings. The second-order valence-corrected chi connectivity index (χ2v) is 6.69. The summed E-state index contributed by atoms with van der Waals surface area (Å²) < 4.78 is 5.42. The van der Waals surface area contributed by atoms with Crippen LogP contribution in [0.4, 0.5) is 10.5 Å². The SMILES string of the molecule is Cc1ccccc1N1CCN(C(=O)OCCc2ccc(Cl)cc2)CC1. The topological polar surface area (TPSA) is 32.8 Å². The minimum atomic E-state index is -0.224. The van der Waals surface area contributed by atoms with Crippen molar-refractivity contribution in [3.63, 3.8) is 0 Å². The monoisotopic (exact) mass is 358 g/mol. The lowest BCUT2D eigenvalue weighted by Crippen LogP contribution is -2.49. The molecular weight excluding hydrogens is 336 g/mol. The third-order valence-corrected chi connectivity index (χ3v) is 4.78. The maximum absolute atomic E-state index is 12.2. The zero-order chi connectivity index (χ0) is 17.6. The van der Waals surface area contributed by atoms with E-state index in [2.05, 4.69) is 30.0 Å². The highest BCUT2D eigenvalue weighted by molar-refractivity contribution is 6.30. The molecule has 0 aromatic heterocycles. The summed E-state index contributed by atoms with van der Waals surface area (Å²) >= 11 is 5.87. The second-order valence-electron chi connectivity index (χ2n) is 6.25. The number of aryl methyl sites for hydroxylation is 1. The number of rotatable bonds is 4. The van der Waals surface area contributed by atoms with Crippen LogP contribution in [0.3, 0.4) is 0 Å². The van der Waals surface area contributed by atoms with Gasteiger partial charge in [0.25, 0.3) is 0 Å². The zero-order valence-corrected chi connectivity index (χ0v) is 15.2. The lowest BCUT2D eigenvalue weighted by Gasteiger charge is -2.36. The van der Waals surface area contributed by atoms with E-state index in [1.54, 1.807) is 4.90 Å². The molecule has 2 aromatic rings. The molecule has 0 atom stereocenters. The molecule has 5 heteroatoms. The highest BCUT2D eigenvalue weighted by Crippen LogP contribution is 2.21. The van der Waals surface area contributed by atoms with Crippen LogP contribution in [0.15, 0.2) is 48.5 Å². The highest BCUT2D eigenvalue weighted by atomic mass is 35.5. The van der Waals surface area contributed by atoms with E-state index in [0.29, 0.717) is 31.1 Å². The molecule has 25 heavy (non-hydrogen) atoms. The van der Waals surface area contributed by atoms with Gasteiger partial charge >= 0.3 is 6.09 Å². The van der Waals surface area contributed by atoms with Gasteiger partial charge in [0.05, 0.1) is 6.61 Å². The number of piperazine rings is 1. The average molecular weight is 359 g/mol. The normalized spacial score (nSPS) is 14.5. The number of amides is 1. The minimum Gasteiger partial charge on any atom is -0.449 e. The van der Waals surface area contributed by atoms with Gasteiger partial charge in [0.1, 0.15) is 0 Å². The van der Waals surface area contributed by atoms with Crippen molar-refractivity contribution in [3.8, 4) is 0 Å². The Morgan fingerprint density at radius 1 is 1.04 bits per heavy atom. The number of anilines is 1. The molecule has 1 saturated heterocycles. The number of hydrogen-bond acceptors (Lipinski definition) is 3. The molecule has 1 heterocycles. The average Bonchev–Trinajstić information content (AvgIpc) is 2.64. The Kier molecular flexibility index (Phi) is 5.82. The first kappa shape index (κ1) is 17.6. The second kappa shape index (κ2) is 8.26. The first-order valence-corrected chi connectivity index (χ1v) is 8.98. The van der Waals surface area contributed by atoms with E-state index in [0.717, 1.165) is 18.7 Å². The number of carbonyl (C=O) groups is 1. The number of nitrogens with zero attached hydrogens (tertiary/aromatic N) is 2. The van der Waals surface area contributed by atoms with E-state index in [1.165, 1.54) is 11.3 Å². The van der Waals surface area contributed by atoms with E-state index in [-0.39, 0.29) is 6.09 Å². The smallest absolute Gasteiger partial charge is 0.409 e. The Labute approximate surface area is 154 Å². The molecule has 4 nitrogen and oxygen atoms in total. The van der Waals surface area contributed by atoms with Crippen LogP contribution in [-0.2, 0) is 11.2 Å². The van der Waals surface area contributed by atoms with Crippen LogP contribution in [0.25, 0.3) is 0 Å². The zero-order valence-electron chi connectivity index (χ0n) is 14.5. The predicted molar refractivity (Wildman–Crippen MR) is 101 cm³/mol.